The lowest BCUT2D eigenvalue weighted by atomic mass is 10.1. The van der Waals surface area contributed by atoms with Gasteiger partial charge in [0.1, 0.15) is 5.60 Å². The number of para-hydroxylation sites is 2. The molecule has 7 heteroatoms. The summed E-state index contributed by atoms with van der Waals surface area (Å²) in [6.07, 6.45) is 1.56. The first-order chi connectivity index (χ1) is 15.3. The number of rotatable bonds is 4. The molecule has 1 atom stereocenters. The first kappa shape index (κ1) is 21.7. The number of nitrogens with zero attached hydrogens (tertiary/aromatic N) is 4. The van der Waals surface area contributed by atoms with Crippen LogP contribution in [0.1, 0.15) is 44.7 Å². The highest BCUT2D eigenvalue weighted by molar-refractivity contribution is 5.79. The van der Waals surface area contributed by atoms with Gasteiger partial charge in [0.2, 0.25) is 5.95 Å². The van der Waals surface area contributed by atoms with E-state index in [9.17, 15) is 10.1 Å². The Morgan fingerprint density at radius 3 is 2.75 bits per heavy atom. The van der Waals surface area contributed by atoms with E-state index in [4.69, 9.17) is 9.72 Å². The highest BCUT2D eigenvalue weighted by Crippen LogP contribution is 2.25. The molecule has 0 radical (unpaired) electrons. The van der Waals surface area contributed by atoms with Crippen molar-refractivity contribution in [2.24, 2.45) is 0 Å². The number of anilines is 1. The minimum absolute atomic E-state index is 0.0676. The third kappa shape index (κ3) is 4.86. The van der Waals surface area contributed by atoms with Gasteiger partial charge in [0.25, 0.3) is 0 Å². The predicted molar refractivity (Wildman–Crippen MR) is 124 cm³/mol. The number of nitriles is 1. The van der Waals surface area contributed by atoms with Gasteiger partial charge in [-0.05, 0) is 57.4 Å². The van der Waals surface area contributed by atoms with E-state index in [-0.39, 0.29) is 12.1 Å². The summed E-state index contributed by atoms with van der Waals surface area (Å²) in [5.41, 5.74) is 2.98. The second-order valence-corrected chi connectivity index (χ2v) is 9.19. The van der Waals surface area contributed by atoms with Crippen molar-refractivity contribution < 1.29 is 9.53 Å². The molecule has 1 saturated heterocycles. The Hall–Kier alpha value is -3.53. The molecule has 4 rings (SSSR count). The fourth-order valence-electron chi connectivity index (χ4n) is 4.05. The average molecular weight is 432 g/mol. The van der Waals surface area contributed by atoms with Crippen LogP contribution >= 0.6 is 0 Å². The Kier molecular flexibility index (Phi) is 6.04. The van der Waals surface area contributed by atoms with Crippen LogP contribution in [0.2, 0.25) is 0 Å². The molecule has 1 amide bonds. The highest BCUT2D eigenvalue weighted by Gasteiger charge is 2.28. The second kappa shape index (κ2) is 8.91. The van der Waals surface area contributed by atoms with Crippen molar-refractivity contribution in [3.8, 4) is 6.07 Å². The molecule has 2 heterocycles. The number of carbonyl (C=O) groups is 1. The largest absolute Gasteiger partial charge is 0.444 e. The Morgan fingerprint density at radius 1 is 1.22 bits per heavy atom. The van der Waals surface area contributed by atoms with Crippen molar-refractivity contribution in [1.82, 2.24) is 14.5 Å². The van der Waals surface area contributed by atoms with Crippen molar-refractivity contribution in [3.05, 3.63) is 59.7 Å². The van der Waals surface area contributed by atoms with Crippen LogP contribution in [-0.2, 0) is 11.3 Å². The van der Waals surface area contributed by atoms with Gasteiger partial charge >= 0.3 is 6.09 Å². The number of ether oxygens (including phenoxy) is 1. The van der Waals surface area contributed by atoms with Crippen LogP contribution in [0.4, 0.5) is 10.7 Å². The van der Waals surface area contributed by atoms with Crippen LogP contribution < -0.4 is 5.32 Å². The fourth-order valence-corrected chi connectivity index (χ4v) is 4.05. The molecule has 0 aliphatic carbocycles. The monoisotopic (exact) mass is 431 g/mol. The molecule has 1 aromatic heterocycles. The van der Waals surface area contributed by atoms with Gasteiger partial charge in [-0.3, -0.25) is 0 Å². The van der Waals surface area contributed by atoms with Crippen LogP contribution in [0.15, 0.2) is 48.5 Å². The maximum atomic E-state index is 12.6. The maximum Gasteiger partial charge on any atom is 0.410 e. The van der Waals surface area contributed by atoms with Crippen LogP contribution in [0.5, 0.6) is 0 Å². The summed E-state index contributed by atoms with van der Waals surface area (Å²) >= 11 is 0. The Balaban J connectivity index is 1.59. The predicted octanol–water partition coefficient (Wildman–Crippen LogP) is 4.77. The maximum absolute atomic E-state index is 12.6. The zero-order valence-corrected chi connectivity index (χ0v) is 18.8. The Bertz CT molecular complexity index is 1160. The van der Waals surface area contributed by atoms with Crippen molar-refractivity contribution in [3.63, 3.8) is 0 Å². The van der Waals surface area contributed by atoms with E-state index in [1.807, 2.05) is 69.3 Å². The molecule has 166 valence electrons. The first-order valence-electron chi connectivity index (χ1n) is 11.0. The topological polar surface area (TPSA) is 83.2 Å². The second-order valence-electron chi connectivity index (χ2n) is 9.19. The molecule has 0 unspecified atom stereocenters. The van der Waals surface area contributed by atoms with E-state index in [0.717, 1.165) is 35.4 Å². The Labute approximate surface area is 188 Å². The summed E-state index contributed by atoms with van der Waals surface area (Å²) in [5, 5.41) is 13.1. The molecule has 2 aromatic carbocycles. The number of carbonyl (C=O) groups excluding carboxylic acids is 1. The lowest BCUT2D eigenvalue weighted by Gasteiger charge is -2.34. The van der Waals surface area contributed by atoms with Gasteiger partial charge in [-0.25, -0.2) is 9.78 Å². The number of nitrogens with one attached hydrogen (secondary N) is 1. The standard InChI is InChI=1S/C25H29N5O2/c1-25(2,3)32-24(31)29-14-8-11-20(17-29)27-23-28-21-12-6-7-13-22(21)30(23)16-19-10-5-4-9-18(19)15-26/h4-7,9-10,12-13,20H,8,11,14,16-17H2,1-3H3,(H,27,28)/t20-/m1/s1. The van der Waals surface area contributed by atoms with E-state index in [2.05, 4.69) is 16.0 Å². The molecule has 3 aromatic rings. The summed E-state index contributed by atoms with van der Waals surface area (Å²) in [6.45, 7) is 7.44. The van der Waals surface area contributed by atoms with E-state index >= 15 is 0 Å². The normalized spacial score (nSPS) is 16.6. The minimum Gasteiger partial charge on any atom is -0.444 e. The van der Waals surface area contributed by atoms with Gasteiger partial charge < -0.3 is 19.5 Å². The van der Waals surface area contributed by atoms with Gasteiger partial charge in [-0.2, -0.15) is 5.26 Å². The third-order valence-electron chi connectivity index (χ3n) is 5.53. The molecule has 0 spiro atoms. The number of benzene rings is 2. The van der Waals surface area contributed by atoms with Crippen molar-refractivity contribution in [2.75, 3.05) is 18.4 Å². The minimum atomic E-state index is -0.514. The lowest BCUT2D eigenvalue weighted by molar-refractivity contribution is 0.0206. The number of aromatic nitrogens is 2. The average Bonchev–Trinajstić information content (AvgIpc) is 3.10. The molecule has 1 aliphatic rings. The Morgan fingerprint density at radius 2 is 1.97 bits per heavy atom. The zero-order valence-electron chi connectivity index (χ0n) is 18.8. The van der Waals surface area contributed by atoms with Crippen molar-refractivity contribution in [2.45, 2.75) is 51.8 Å². The van der Waals surface area contributed by atoms with E-state index in [0.29, 0.717) is 25.2 Å². The van der Waals surface area contributed by atoms with E-state index < -0.39 is 5.60 Å². The summed E-state index contributed by atoms with van der Waals surface area (Å²) in [7, 11) is 0. The summed E-state index contributed by atoms with van der Waals surface area (Å²) in [5.74, 6) is 0.745. The van der Waals surface area contributed by atoms with Gasteiger partial charge in [-0.1, -0.05) is 30.3 Å². The third-order valence-corrected chi connectivity index (χ3v) is 5.53. The van der Waals surface area contributed by atoms with Crippen molar-refractivity contribution in [1.29, 1.82) is 5.26 Å². The van der Waals surface area contributed by atoms with Gasteiger partial charge in [0, 0.05) is 19.1 Å². The summed E-state index contributed by atoms with van der Waals surface area (Å²) in [4.78, 5) is 19.1. The van der Waals surface area contributed by atoms with Crippen LogP contribution in [0, 0.1) is 11.3 Å². The van der Waals surface area contributed by atoms with E-state index in [1.54, 1.807) is 4.90 Å². The first-order valence-corrected chi connectivity index (χ1v) is 11.0. The quantitative estimate of drug-likeness (QED) is 0.643. The van der Waals surface area contributed by atoms with Crippen LogP contribution in [0.3, 0.4) is 0 Å². The highest BCUT2D eigenvalue weighted by atomic mass is 16.6. The number of fused-ring (bicyclic) bond motifs is 1. The number of imidazole rings is 1. The smallest absolute Gasteiger partial charge is 0.410 e. The number of piperidine rings is 1. The SMILES string of the molecule is CC(C)(C)OC(=O)N1CCC[C@@H](Nc2nc3ccccc3n2Cc2ccccc2C#N)C1. The van der Waals surface area contributed by atoms with Gasteiger partial charge in [0.05, 0.1) is 29.2 Å². The molecular formula is C25H29N5O2. The molecule has 1 N–H and O–H groups in total. The molecular weight excluding hydrogens is 402 g/mol. The summed E-state index contributed by atoms with van der Waals surface area (Å²) < 4.78 is 7.67. The molecule has 1 aliphatic heterocycles. The summed E-state index contributed by atoms with van der Waals surface area (Å²) in [6, 6.07) is 18.0. The van der Waals surface area contributed by atoms with Gasteiger partial charge in [0.15, 0.2) is 0 Å². The van der Waals surface area contributed by atoms with Gasteiger partial charge in [-0.15, -0.1) is 0 Å². The molecule has 0 saturated carbocycles. The molecule has 32 heavy (non-hydrogen) atoms. The van der Waals surface area contributed by atoms with Crippen LogP contribution in [0.25, 0.3) is 11.0 Å². The van der Waals surface area contributed by atoms with E-state index in [1.165, 1.54) is 0 Å². The number of amides is 1. The zero-order chi connectivity index (χ0) is 22.7. The molecule has 7 nitrogen and oxygen atoms in total. The van der Waals surface area contributed by atoms with Crippen LogP contribution in [-0.4, -0.2) is 45.3 Å². The molecule has 1 fully saturated rings. The van der Waals surface area contributed by atoms with Crippen molar-refractivity contribution >= 4 is 23.1 Å². The molecule has 0 bridgehead atoms. The number of likely N-dealkylation sites (tertiary alicyclic amines) is 1. The fraction of sp³-hybridized carbons (Fsp3) is 0.400. The lowest BCUT2D eigenvalue weighted by Crippen LogP contribution is -2.47. The number of hydrogen-bond acceptors (Lipinski definition) is 5. The number of hydrogen-bond donors (Lipinski definition) is 1.